The largest absolute Gasteiger partial charge is 0.545 e. The van der Waals surface area contributed by atoms with Gasteiger partial charge in [0, 0.05) is 17.2 Å². The van der Waals surface area contributed by atoms with Crippen LogP contribution in [0.3, 0.4) is 0 Å². The van der Waals surface area contributed by atoms with Gasteiger partial charge in [0.05, 0.1) is 12.0 Å². The summed E-state index contributed by atoms with van der Waals surface area (Å²) in [4.78, 5) is 11.4. The number of aromatic carboxylic acids is 1. The molecule has 3 atom stereocenters. The van der Waals surface area contributed by atoms with Crippen LogP contribution in [-0.4, -0.2) is 5.97 Å². The van der Waals surface area contributed by atoms with Crippen molar-refractivity contribution < 1.29 is 9.90 Å². The van der Waals surface area contributed by atoms with Gasteiger partial charge in [0.1, 0.15) is 0 Å². The van der Waals surface area contributed by atoms with E-state index in [9.17, 15) is 9.90 Å². The lowest BCUT2D eigenvalue weighted by atomic mass is 9.76. The Labute approximate surface area is 129 Å². The van der Waals surface area contributed by atoms with Gasteiger partial charge in [-0.1, -0.05) is 60.7 Å². The molecule has 2 aliphatic rings. The first kappa shape index (κ1) is 13.1. The summed E-state index contributed by atoms with van der Waals surface area (Å²) in [5.41, 5.74) is 3.22. The van der Waals surface area contributed by atoms with Crippen molar-refractivity contribution in [2.45, 2.75) is 18.4 Å². The molecule has 0 radical (unpaired) electrons. The van der Waals surface area contributed by atoms with Crippen molar-refractivity contribution in [1.29, 1.82) is 0 Å². The Morgan fingerprint density at radius 2 is 1.91 bits per heavy atom. The lowest BCUT2D eigenvalue weighted by Gasteiger charge is -2.38. The van der Waals surface area contributed by atoms with Crippen LogP contribution in [0.5, 0.6) is 0 Å². The summed E-state index contributed by atoms with van der Waals surface area (Å²) < 4.78 is 0. The maximum atomic E-state index is 11.4. The summed E-state index contributed by atoms with van der Waals surface area (Å²) >= 11 is 0. The lowest BCUT2D eigenvalue weighted by molar-refractivity contribution is -0.254. The predicted octanol–water partition coefficient (Wildman–Crippen LogP) is 2.88. The van der Waals surface area contributed by atoms with Gasteiger partial charge < -0.3 is 15.2 Å². The zero-order chi connectivity index (χ0) is 15.1. The zero-order valence-corrected chi connectivity index (χ0v) is 12.0. The average molecular weight is 290 g/mol. The monoisotopic (exact) mass is 290 g/mol. The Morgan fingerprint density at radius 3 is 2.68 bits per heavy atom. The highest BCUT2D eigenvalue weighted by atomic mass is 16.4. The highest BCUT2D eigenvalue weighted by molar-refractivity contribution is 5.94. The van der Waals surface area contributed by atoms with Crippen molar-refractivity contribution in [3.8, 4) is 0 Å². The van der Waals surface area contributed by atoms with Gasteiger partial charge in [-0.3, -0.25) is 0 Å². The Balaban J connectivity index is 1.85. The fourth-order valence-electron chi connectivity index (χ4n) is 3.78. The fraction of sp³-hybridized carbons (Fsp3) is 0.211. The maximum Gasteiger partial charge on any atom is 0.0736 e. The number of fused-ring (bicyclic) bond motifs is 3. The number of rotatable bonds is 2. The van der Waals surface area contributed by atoms with Crippen LogP contribution in [0.1, 0.15) is 39.9 Å². The minimum absolute atomic E-state index is 0.120. The number of nitrogens with one attached hydrogen (secondary N) is 1. The molecule has 0 aromatic heterocycles. The van der Waals surface area contributed by atoms with E-state index in [-0.39, 0.29) is 17.5 Å². The molecule has 0 fully saturated rings. The van der Waals surface area contributed by atoms with E-state index in [0.717, 1.165) is 12.0 Å². The van der Waals surface area contributed by atoms with Crippen molar-refractivity contribution in [1.82, 2.24) is 0 Å². The Kier molecular flexibility index (Phi) is 3.00. The molecule has 2 aromatic rings. The number of anilines is 1. The first-order valence-corrected chi connectivity index (χ1v) is 7.58. The molecule has 110 valence electrons. The molecule has 1 heterocycles. The average Bonchev–Trinajstić information content (AvgIpc) is 3.04. The molecule has 0 amide bonds. The third-order valence-electron chi connectivity index (χ3n) is 4.78. The highest BCUT2D eigenvalue weighted by Crippen LogP contribution is 2.50. The molecular formula is C19H16NO2-. The summed E-state index contributed by atoms with van der Waals surface area (Å²) in [7, 11) is 0. The summed E-state index contributed by atoms with van der Waals surface area (Å²) in [6, 6.07) is 15.8. The Bertz CT molecular complexity index is 751. The molecule has 3 nitrogen and oxygen atoms in total. The van der Waals surface area contributed by atoms with Crippen molar-refractivity contribution in [3.63, 3.8) is 0 Å². The van der Waals surface area contributed by atoms with E-state index in [1.54, 1.807) is 12.1 Å². The second-order valence-corrected chi connectivity index (χ2v) is 5.94. The molecule has 22 heavy (non-hydrogen) atoms. The van der Waals surface area contributed by atoms with Gasteiger partial charge in [-0.2, -0.15) is 0 Å². The molecule has 2 aromatic carbocycles. The first-order valence-electron chi connectivity index (χ1n) is 7.58. The number of allylic oxidation sites excluding steroid dienone is 2. The van der Waals surface area contributed by atoms with Crippen molar-refractivity contribution in [2.24, 2.45) is 5.92 Å². The molecule has 0 saturated heterocycles. The molecule has 1 aliphatic carbocycles. The third-order valence-corrected chi connectivity index (χ3v) is 4.78. The summed E-state index contributed by atoms with van der Waals surface area (Å²) in [6.07, 6.45) is 5.42. The van der Waals surface area contributed by atoms with E-state index in [4.69, 9.17) is 0 Å². The van der Waals surface area contributed by atoms with Crippen molar-refractivity contribution in [2.75, 3.05) is 5.32 Å². The molecule has 0 saturated carbocycles. The predicted molar refractivity (Wildman–Crippen MR) is 83.6 cm³/mol. The smallest absolute Gasteiger partial charge is 0.0736 e. The van der Waals surface area contributed by atoms with E-state index in [2.05, 4.69) is 29.6 Å². The van der Waals surface area contributed by atoms with E-state index < -0.39 is 5.97 Å². The quantitative estimate of drug-likeness (QED) is 0.865. The van der Waals surface area contributed by atoms with Gasteiger partial charge in [-0.15, -0.1) is 0 Å². The number of para-hydroxylation sites is 1. The normalized spacial score (nSPS) is 25.2. The molecule has 1 aliphatic heterocycles. The molecule has 4 rings (SSSR count). The molecule has 3 unspecified atom stereocenters. The minimum atomic E-state index is -1.13. The van der Waals surface area contributed by atoms with Gasteiger partial charge in [0.25, 0.3) is 0 Å². The number of hydrogen-bond acceptors (Lipinski definition) is 3. The van der Waals surface area contributed by atoms with Crippen LogP contribution in [0.15, 0.2) is 60.7 Å². The molecule has 0 bridgehead atoms. The van der Waals surface area contributed by atoms with Gasteiger partial charge in [0.2, 0.25) is 0 Å². The first-order chi connectivity index (χ1) is 10.8. The number of carbonyl (C=O) groups is 1. The molecular weight excluding hydrogens is 274 g/mol. The van der Waals surface area contributed by atoms with Crippen LogP contribution in [0.2, 0.25) is 0 Å². The highest BCUT2D eigenvalue weighted by Gasteiger charge is 2.38. The maximum absolute atomic E-state index is 11.4. The van der Waals surface area contributed by atoms with E-state index in [1.165, 1.54) is 5.56 Å². The second-order valence-electron chi connectivity index (χ2n) is 5.94. The van der Waals surface area contributed by atoms with Gasteiger partial charge >= 0.3 is 0 Å². The fourth-order valence-corrected chi connectivity index (χ4v) is 3.78. The lowest BCUT2D eigenvalue weighted by Crippen LogP contribution is -2.32. The summed E-state index contributed by atoms with van der Waals surface area (Å²) in [5.74, 6) is -0.441. The van der Waals surface area contributed by atoms with Gasteiger partial charge in [-0.25, -0.2) is 0 Å². The molecule has 0 spiro atoms. The van der Waals surface area contributed by atoms with Crippen LogP contribution in [0.25, 0.3) is 0 Å². The second kappa shape index (κ2) is 5.02. The number of carboxylic acid groups (broad SMARTS) is 1. The number of carbonyl (C=O) groups excluding carboxylic acids is 1. The Morgan fingerprint density at radius 1 is 1.09 bits per heavy atom. The van der Waals surface area contributed by atoms with Gasteiger partial charge in [0.15, 0.2) is 0 Å². The molecule has 1 N–H and O–H groups in total. The van der Waals surface area contributed by atoms with E-state index in [0.29, 0.717) is 11.6 Å². The summed E-state index contributed by atoms with van der Waals surface area (Å²) in [6.45, 7) is 0. The zero-order valence-electron chi connectivity index (χ0n) is 12.0. The van der Waals surface area contributed by atoms with E-state index >= 15 is 0 Å². The topological polar surface area (TPSA) is 52.2 Å². The Hall–Kier alpha value is -2.55. The van der Waals surface area contributed by atoms with Crippen LogP contribution in [0, 0.1) is 5.92 Å². The summed E-state index contributed by atoms with van der Waals surface area (Å²) in [5, 5.41) is 14.9. The van der Waals surface area contributed by atoms with E-state index in [1.807, 2.05) is 24.3 Å². The van der Waals surface area contributed by atoms with Crippen LogP contribution < -0.4 is 10.4 Å². The van der Waals surface area contributed by atoms with Crippen LogP contribution in [0.4, 0.5) is 5.69 Å². The number of carboxylic acids is 1. The number of benzene rings is 2. The van der Waals surface area contributed by atoms with Crippen LogP contribution >= 0.6 is 0 Å². The van der Waals surface area contributed by atoms with Crippen molar-refractivity contribution >= 4 is 11.7 Å². The van der Waals surface area contributed by atoms with Crippen LogP contribution in [-0.2, 0) is 0 Å². The minimum Gasteiger partial charge on any atom is -0.545 e. The van der Waals surface area contributed by atoms with Crippen molar-refractivity contribution in [3.05, 3.63) is 77.4 Å². The van der Waals surface area contributed by atoms with Gasteiger partial charge in [-0.05, 0) is 23.5 Å². The third kappa shape index (κ3) is 1.93. The molecule has 3 heteroatoms. The number of hydrogen-bond donors (Lipinski definition) is 1. The standard InChI is InChI=1S/C19H17NO2/c21-19(22)16-11-5-10-15-13-8-4-9-14(13)17(20-18(15)16)12-6-2-1-3-7-12/h1-8,10-11,13-14,17,20H,9H2,(H,21,22)/p-1. The SMILES string of the molecule is O=C([O-])c1cccc2c1NC(c1ccccc1)C1CC=CC21.